The number of hydrogen-bond acceptors (Lipinski definition) is 2. The van der Waals surface area contributed by atoms with E-state index >= 15 is 0 Å². The van der Waals surface area contributed by atoms with Crippen molar-refractivity contribution in [2.24, 2.45) is 0 Å². The summed E-state index contributed by atoms with van der Waals surface area (Å²) in [7, 11) is 0. The topological polar surface area (TPSA) is 22.1 Å². The van der Waals surface area contributed by atoms with Gasteiger partial charge >= 0.3 is 0 Å². The number of fused-ring (bicyclic) bond motifs is 10. The molecule has 0 bridgehead atoms. The highest BCUT2D eigenvalue weighted by Crippen LogP contribution is 2.62. The zero-order valence-electron chi connectivity index (χ0n) is 26.1. The third-order valence-corrected chi connectivity index (χ3v) is 10.1. The average Bonchev–Trinajstić information content (AvgIpc) is 3.45. The summed E-state index contributed by atoms with van der Waals surface area (Å²) in [4.78, 5) is 5.04. The molecule has 2 heteroatoms. The molecular formula is C46H29NO. The third kappa shape index (κ3) is 3.84. The van der Waals surface area contributed by atoms with Crippen molar-refractivity contribution in [3.05, 3.63) is 198 Å². The Morgan fingerprint density at radius 2 is 0.979 bits per heavy atom. The molecule has 0 atom stereocenters. The summed E-state index contributed by atoms with van der Waals surface area (Å²) in [6.07, 6.45) is 0. The quantitative estimate of drug-likeness (QED) is 0.198. The minimum absolute atomic E-state index is 0.489. The summed E-state index contributed by atoms with van der Waals surface area (Å²) in [6.45, 7) is 0. The molecule has 0 unspecified atom stereocenters. The van der Waals surface area contributed by atoms with Crippen molar-refractivity contribution in [1.29, 1.82) is 0 Å². The first-order valence-corrected chi connectivity index (χ1v) is 16.5. The second kappa shape index (κ2) is 10.4. The van der Waals surface area contributed by atoms with Crippen LogP contribution >= 0.6 is 0 Å². The SMILES string of the molecule is c1ccc(-c2cc(-c3cccc(-c4ccc5c(c4)C4(c6ccccc6O5)c5ccccc5-c5ccccc54)c3)c3ccccc3n2)cc1. The van der Waals surface area contributed by atoms with Gasteiger partial charge < -0.3 is 4.74 Å². The highest BCUT2D eigenvalue weighted by molar-refractivity contribution is 5.97. The van der Waals surface area contributed by atoms with E-state index in [0.717, 1.165) is 50.3 Å². The molecule has 224 valence electrons. The van der Waals surface area contributed by atoms with E-state index in [1.54, 1.807) is 0 Å². The molecule has 1 aliphatic carbocycles. The second-order valence-electron chi connectivity index (χ2n) is 12.7. The van der Waals surface area contributed by atoms with Gasteiger partial charge in [0.25, 0.3) is 0 Å². The molecular weight excluding hydrogens is 583 g/mol. The van der Waals surface area contributed by atoms with Crippen LogP contribution in [0.5, 0.6) is 11.5 Å². The summed E-state index contributed by atoms with van der Waals surface area (Å²) in [5.41, 5.74) is 14.7. The number of pyridine rings is 1. The first-order valence-electron chi connectivity index (χ1n) is 16.5. The van der Waals surface area contributed by atoms with Crippen LogP contribution in [0.1, 0.15) is 22.3 Å². The van der Waals surface area contributed by atoms with Crippen LogP contribution in [0.15, 0.2) is 176 Å². The first-order chi connectivity index (χ1) is 23.8. The molecule has 2 aliphatic rings. The minimum Gasteiger partial charge on any atom is -0.457 e. The number of para-hydroxylation sites is 2. The number of aromatic nitrogens is 1. The van der Waals surface area contributed by atoms with Crippen molar-refractivity contribution in [2.45, 2.75) is 5.41 Å². The van der Waals surface area contributed by atoms with E-state index in [1.165, 1.54) is 38.9 Å². The van der Waals surface area contributed by atoms with Gasteiger partial charge in [-0.05, 0) is 80.9 Å². The Bertz CT molecular complexity index is 2500. The Balaban J connectivity index is 1.18. The Morgan fingerprint density at radius 3 is 1.79 bits per heavy atom. The van der Waals surface area contributed by atoms with E-state index in [4.69, 9.17) is 9.72 Å². The summed E-state index contributed by atoms with van der Waals surface area (Å²) < 4.78 is 6.67. The third-order valence-electron chi connectivity index (χ3n) is 10.1. The van der Waals surface area contributed by atoms with E-state index in [9.17, 15) is 0 Å². The van der Waals surface area contributed by atoms with Crippen LogP contribution < -0.4 is 4.74 Å². The standard InChI is InChI=1S/C46H29NO/c1-2-13-30(14-3-1)43-29-37(36-19-6-10-23-42(36)47-43)33-16-12-15-31(27-33)32-25-26-45-41(28-32)46(40-22-9-11-24-44(40)48-45)38-20-7-4-17-34(38)35-18-5-8-21-39(35)46/h1-29H. The van der Waals surface area contributed by atoms with Crippen molar-refractivity contribution < 1.29 is 4.74 Å². The highest BCUT2D eigenvalue weighted by Gasteiger charge is 2.50. The molecule has 1 aliphatic heterocycles. The van der Waals surface area contributed by atoms with Crippen molar-refractivity contribution in [1.82, 2.24) is 4.98 Å². The number of benzene rings is 7. The molecule has 7 aromatic carbocycles. The van der Waals surface area contributed by atoms with Gasteiger partial charge in [-0.1, -0.05) is 140 Å². The number of rotatable bonds is 3. The monoisotopic (exact) mass is 611 g/mol. The number of nitrogens with zero attached hydrogens (tertiary/aromatic N) is 1. The molecule has 0 radical (unpaired) electrons. The van der Waals surface area contributed by atoms with E-state index in [-0.39, 0.29) is 0 Å². The van der Waals surface area contributed by atoms with Crippen molar-refractivity contribution >= 4 is 10.9 Å². The van der Waals surface area contributed by atoms with Crippen LogP contribution in [0, 0.1) is 0 Å². The van der Waals surface area contributed by atoms with E-state index in [0.29, 0.717) is 0 Å². The summed E-state index contributed by atoms with van der Waals surface area (Å²) in [5, 5.41) is 1.14. The van der Waals surface area contributed by atoms with Gasteiger partial charge in [-0.25, -0.2) is 4.98 Å². The molecule has 10 rings (SSSR count). The molecule has 2 nitrogen and oxygen atoms in total. The zero-order valence-corrected chi connectivity index (χ0v) is 26.1. The normalized spacial score (nSPS) is 13.3. The fraction of sp³-hybridized carbons (Fsp3) is 0.0217. The summed E-state index contributed by atoms with van der Waals surface area (Å²) in [6, 6.07) is 63.0. The maximum absolute atomic E-state index is 6.67. The van der Waals surface area contributed by atoms with Gasteiger partial charge in [0.05, 0.1) is 16.6 Å². The van der Waals surface area contributed by atoms with Gasteiger partial charge in [0, 0.05) is 22.1 Å². The first kappa shape index (κ1) is 26.9. The van der Waals surface area contributed by atoms with Gasteiger partial charge in [0.15, 0.2) is 0 Å². The molecule has 8 aromatic rings. The van der Waals surface area contributed by atoms with E-state index < -0.39 is 5.41 Å². The van der Waals surface area contributed by atoms with Crippen LogP contribution in [-0.4, -0.2) is 4.98 Å². The van der Waals surface area contributed by atoms with Gasteiger partial charge in [-0.2, -0.15) is 0 Å². The van der Waals surface area contributed by atoms with Crippen molar-refractivity contribution in [3.8, 4) is 56.1 Å². The summed E-state index contributed by atoms with van der Waals surface area (Å²) in [5.74, 6) is 1.80. The maximum atomic E-state index is 6.67. The molecule has 0 N–H and O–H groups in total. The van der Waals surface area contributed by atoms with Crippen molar-refractivity contribution in [3.63, 3.8) is 0 Å². The Labute approximate surface area is 279 Å². The van der Waals surface area contributed by atoms with Crippen LogP contribution in [0.2, 0.25) is 0 Å². The van der Waals surface area contributed by atoms with Crippen molar-refractivity contribution in [2.75, 3.05) is 0 Å². The molecule has 1 aromatic heterocycles. The molecule has 2 heterocycles. The van der Waals surface area contributed by atoms with Gasteiger partial charge in [-0.3, -0.25) is 0 Å². The lowest BCUT2D eigenvalue weighted by molar-refractivity contribution is 0.436. The molecule has 0 saturated carbocycles. The fourth-order valence-electron chi connectivity index (χ4n) is 8.07. The van der Waals surface area contributed by atoms with Gasteiger partial charge in [-0.15, -0.1) is 0 Å². The molecule has 48 heavy (non-hydrogen) atoms. The number of hydrogen-bond donors (Lipinski definition) is 0. The maximum Gasteiger partial charge on any atom is 0.132 e. The van der Waals surface area contributed by atoms with E-state index in [2.05, 4.69) is 170 Å². The molecule has 0 saturated heterocycles. The van der Waals surface area contributed by atoms with Gasteiger partial charge in [0.1, 0.15) is 11.5 Å². The fourth-order valence-corrected chi connectivity index (χ4v) is 8.07. The zero-order chi connectivity index (χ0) is 31.7. The molecule has 0 fully saturated rings. The van der Waals surface area contributed by atoms with Crippen LogP contribution in [-0.2, 0) is 5.41 Å². The Morgan fingerprint density at radius 1 is 0.375 bits per heavy atom. The lowest BCUT2D eigenvalue weighted by Gasteiger charge is -2.39. The average molecular weight is 612 g/mol. The molecule has 1 spiro atoms. The molecule has 0 amide bonds. The lowest BCUT2D eigenvalue weighted by Crippen LogP contribution is -2.32. The lowest BCUT2D eigenvalue weighted by atomic mass is 9.66. The van der Waals surface area contributed by atoms with Crippen LogP contribution in [0.4, 0.5) is 0 Å². The minimum atomic E-state index is -0.489. The Kier molecular flexibility index (Phi) is 5.82. The van der Waals surface area contributed by atoms with Crippen LogP contribution in [0.3, 0.4) is 0 Å². The Hall–Kier alpha value is -6.25. The predicted molar refractivity (Wildman–Crippen MR) is 195 cm³/mol. The largest absolute Gasteiger partial charge is 0.457 e. The summed E-state index contributed by atoms with van der Waals surface area (Å²) >= 11 is 0. The van der Waals surface area contributed by atoms with Gasteiger partial charge in [0.2, 0.25) is 0 Å². The smallest absolute Gasteiger partial charge is 0.132 e. The second-order valence-corrected chi connectivity index (χ2v) is 12.7. The predicted octanol–water partition coefficient (Wildman–Crippen LogP) is 11.7. The highest BCUT2D eigenvalue weighted by atomic mass is 16.5. The number of ether oxygens (including phenoxy) is 1. The van der Waals surface area contributed by atoms with Crippen LogP contribution in [0.25, 0.3) is 55.5 Å². The van der Waals surface area contributed by atoms with E-state index in [1.807, 2.05) is 6.07 Å².